The molecule has 0 spiro atoms. The molecule has 1 rings (SSSR count). The van der Waals surface area contributed by atoms with Gasteiger partial charge in [-0.2, -0.15) is 0 Å². The van der Waals surface area contributed by atoms with Crippen molar-refractivity contribution < 1.29 is 4.74 Å². The highest BCUT2D eigenvalue weighted by molar-refractivity contribution is 7.12. The van der Waals surface area contributed by atoms with Crippen molar-refractivity contribution in [2.24, 2.45) is 5.73 Å². The second-order valence-corrected chi connectivity index (χ2v) is 7.14. The van der Waals surface area contributed by atoms with E-state index in [-0.39, 0.29) is 5.41 Å². The molecule has 0 saturated carbocycles. The Morgan fingerprint density at radius 1 is 1.30 bits per heavy atom. The van der Waals surface area contributed by atoms with Gasteiger partial charge in [0.15, 0.2) is 0 Å². The van der Waals surface area contributed by atoms with Crippen molar-refractivity contribution in [2.45, 2.75) is 46.1 Å². The Kier molecular flexibility index (Phi) is 7.17. The first kappa shape index (κ1) is 17.6. The minimum Gasteiger partial charge on any atom is -0.380 e. The summed E-state index contributed by atoms with van der Waals surface area (Å²) < 4.78 is 5.48. The zero-order valence-electron chi connectivity index (χ0n) is 13.6. The highest BCUT2D eigenvalue weighted by Gasteiger charge is 2.22. The summed E-state index contributed by atoms with van der Waals surface area (Å²) in [5, 5.41) is 0. The van der Waals surface area contributed by atoms with Gasteiger partial charge < -0.3 is 10.5 Å². The first-order valence-corrected chi connectivity index (χ1v) is 8.37. The molecule has 1 aromatic heterocycles. The van der Waals surface area contributed by atoms with Gasteiger partial charge in [0, 0.05) is 29.5 Å². The van der Waals surface area contributed by atoms with Gasteiger partial charge in [-0.25, -0.2) is 0 Å². The van der Waals surface area contributed by atoms with Crippen LogP contribution in [0.4, 0.5) is 0 Å². The van der Waals surface area contributed by atoms with Gasteiger partial charge in [0.05, 0.1) is 12.6 Å². The van der Waals surface area contributed by atoms with Gasteiger partial charge in [-0.15, -0.1) is 11.3 Å². The first-order valence-electron chi connectivity index (χ1n) is 7.56. The first-order chi connectivity index (χ1) is 9.43. The van der Waals surface area contributed by atoms with Gasteiger partial charge >= 0.3 is 0 Å². The number of nitrogens with two attached hydrogens (primary N) is 1. The van der Waals surface area contributed by atoms with Crippen molar-refractivity contribution in [1.29, 1.82) is 0 Å². The number of hydrogen-bond donors (Lipinski definition) is 1. The summed E-state index contributed by atoms with van der Waals surface area (Å²) in [6.07, 6.45) is 0. The molecule has 0 aliphatic carbocycles. The van der Waals surface area contributed by atoms with Gasteiger partial charge in [0.2, 0.25) is 0 Å². The molecule has 1 unspecified atom stereocenters. The van der Waals surface area contributed by atoms with E-state index in [1.807, 2.05) is 18.3 Å². The Bertz CT molecular complexity index is 384. The van der Waals surface area contributed by atoms with Gasteiger partial charge in [0.25, 0.3) is 0 Å². The molecule has 3 nitrogen and oxygen atoms in total. The molecule has 1 heterocycles. The monoisotopic (exact) mass is 298 g/mol. The van der Waals surface area contributed by atoms with E-state index in [0.29, 0.717) is 12.6 Å². The van der Waals surface area contributed by atoms with E-state index in [1.54, 1.807) is 0 Å². The van der Waals surface area contributed by atoms with E-state index in [1.165, 1.54) is 9.75 Å². The van der Waals surface area contributed by atoms with Crippen LogP contribution in [0.3, 0.4) is 0 Å². The average Bonchev–Trinajstić information content (AvgIpc) is 2.87. The number of thiophene rings is 1. The van der Waals surface area contributed by atoms with Crippen LogP contribution in [0.25, 0.3) is 0 Å². The SMILES string of the molecule is CCOCCN(CC)C(CN)c1ccc(C(C)(C)C)s1. The minimum atomic E-state index is 0.213. The summed E-state index contributed by atoms with van der Waals surface area (Å²) in [4.78, 5) is 5.20. The van der Waals surface area contributed by atoms with Crippen LogP contribution in [0.15, 0.2) is 12.1 Å². The van der Waals surface area contributed by atoms with E-state index in [2.05, 4.69) is 44.7 Å². The van der Waals surface area contributed by atoms with Crippen LogP contribution in [0.2, 0.25) is 0 Å². The molecule has 0 fully saturated rings. The molecule has 4 heteroatoms. The number of likely N-dealkylation sites (N-methyl/N-ethyl adjacent to an activating group) is 1. The van der Waals surface area contributed by atoms with Gasteiger partial charge in [-0.1, -0.05) is 27.7 Å². The van der Waals surface area contributed by atoms with Crippen LogP contribution in [-0.4, -0.2) is 37.7 Å². The lowest BCUT2D eigenvalue weighted by atomic mass is 9.95. The van der Waals surface area contributed by atoms with E-state index < -0.39 is 0 Å². The maximum Gasteiger partial charge on any atom is 0.0593 e. The van der Waals surface area contributed by atoms with Crippen LogP contribution in [-0.2, 0) is 10.2 Å². The fourth-order valence-electron chi connectivity index (χ4n) is 2.24. The highest BCUT2D eigenvalue weighted by Crippen LogP contribution is 2.33. The minimum absolute atomic E-state index is 0.213. The molecule has 20 heavy (non-hydrogen) atoms. The quantitative estimate of drug-likeness (QED) is 0.748. The molecule has 0 aliphatic heterocycles. The maximum atomic E-state index is 6.03. The second kappa shape index (κ2) is 8.13. The molecule has 116 valence electrons. The summed E-state index contributed by atoms with van der Waals surface area (Å²) in [5.41, 5.74) is 6.24. The normalized spacial score (nSPS) is 13.9. The number of rotatable bonds is 8. The van der Waals surface area contributed by atoms with Crippen LogP contribution in [0.5, 0.6) is 0 Å². The lowest BCUT2D eigenvalue weighted by molar-refractivity contribution is 0.0988. The molecule has 0 aliphatic rings. The summed E-state index contributed by atoms with van der Waals surface area (Å²) in [6, 6.07) is 4.80. The lowest BCUT2D eigenvalue weighted by Gasteiger charge is -2.29. The average molecular weight is 298 g/mol. The van der Waals surface area contributed by atoms with Gasteiger partial charge in [-0.3, -0.25) is 4.90 Å². The number of ether oxygens (including phenoxy) is 1. The molecule has 0 amide bonds. The summed E-state index contributed by atoms with van der Waals surface area (Å²) in [6.45, 7) is 15.1. The fraction of sp³-hybridized carbons (Fsp3) is 0.750. The Morgan fingerprint density at radius 3 is 2.45 bits per heavy atom. The van der Waals surface area contributed by atoms with Crippen molar-refractivity contribution in [3.05, 3.63) is 21.9 Å². The summed E-state index contributed by atoms with van der Waals surface area (Å²) in [7, 11) is 0. The second-order valence-electron chi connectivity index (χ2n) is 6.03. The van der Waals surface area contributed by atoms with Crippen molar-refractivity contribution in [2.75, 3.05) is 32.8 Å². The van der Waals surface area contributed by atoms with E-state index in [9.17, 15) is 0 Å². The van der Waals surface area contributed by atoms with Crippen molar-refractivity contribution in [3.63, 3.8) is 0 Å². The lowest BCUT2D eigenvalue weighted by Crippen LogP contribution is -2.35. The smallest absolute Gasteiger partial charge is 0.0593 e. The van der Waals surface area contributed by atoms with E-state index in [0.717, 1.165) is 26.3 Å². The molecule has 0 radical (unpaired) electrons. The van der Waals surface area contributed by atoms with Crippen molar-refractivity contribution in [3.8, 4) is 0 Å². The Labute approximate surface area is 128 Å². The molecule has 0 bridgehead atoms. The third kappa shape index (κ3) is 4.85. The van der Waals surface area contributed by atoms with Gasteiger partial charge in [-0.05, 0) is 31.0 Å². The van der Waals surface area contributed by atoms with E-state index >= 15 is 0 Å². The van der Waals surface area contributed by atoms with E-state index in [4.69, 9.17) is 10.5 Å². The van der Waals surface area contributed by atoms with Crippen LogP contribution < -0.4 is 5.73 Å². The third-order valence-corrected chi connectivity index (χ3v) is 5.10. The molecule has 0 aromatic carbocycles. The highest BCUT2D eigenvalue weighted by atomic mass is 32.1. The Morgan fingerprint density at radius 2 is 2.00 bits per heavy atom. The predicted octanol–water partition coefficient (Wildman–Crippen LogP) is 3.40. The number of nitrogens with zero attached hydrogens (tertiary/aromatic N) is 1. The molecular weight excluding hydrogens is 268 g/mol. The Hall–Kier alpha value is -0.420. The van der Waals surface area contributed by atoms with Crippen molar-refractivity contribution in [1.82, 2.24) is 4.90 Å². The maximum absolute atomic E-state index is 6.03. The predicted molar refractivity (Wildman–Crippen MR) is 88.6 cm³/mol. The van der Waals surface area contributed by atoms with Crippen LogP contribution >= 0.6 is 11.3 Å². The van der Waals surface area contributed by atoms with Crippen molar-refractivity contribution >= 4 is 11.3 Å². The summed E-state index contributed by atoms with van der Waals surface area (Å²) in [5.74, 6) is 0. The molecule has 1 atom stereocenters. The topological polar surface area (TPSA) is 38.5 Å². The zero-order chi connectivity index (χ0) is 15.2. The van der Waals surface area contributed by atoms with Crippen LogP contribution in [0, 0.1) is 0 Å². The Balaban J connectivity index is 2.79. The molecule has 1 aromatic rings. The standard InChI is InChI=1S/C16H30N2OS/c1-6-18(10-11-19-7-2)13(12-17)14-8-9-15(20-14)16(3,4)5/h8-9,13H,6-7,10-12,17H2,1-5H3. The molecule has 2 N–H and O–H groups in total. The zero-order valence-corrected chi connectivity index (χ0v) is 14.4. The third-order valence-electron chi connectivity index (χ3n) is 3.49. The van der Waals surface area contributed by atoms with Gasteiger partial charge in [0.1, 0.15) is 0 Å². The largest absolute Gasteiger partial charge is 0.380 e. The molecular formula is C16H30N2OS. The number of hydrogen-bond acceptors (Lipinski definition) is 4. The van der Waals surface area contributed by atoms with Crippen LogP contribution in [0.1, 0.15) is 50.4 Å². The summed E-state index contributed by atoms with van der Waals surface area (Å²) >= 11 is 1.89. The fourth-order valence-corrected chi connectivity index (χ4v) is 3.45. The molecule has 0 saturated heterocycles.